The Labute approximate surface area is 126 Å². The van der Waals surface area contributed by atoms with Crippen molar-refractivity contribution < 1.29 is 23.0 Å². The molecule has 116 valence electrons. The fourth-order valence-electron chi connectivity index (χ4n) is 1.71. The second-order valence-electron chi connectivity index (χ2n) is 4.62. The maximum atomic E-state index is 13.1. The molecule has 0 radical (unpaired) electrons. The number of rotatable bonds is 5. The number of benzene rings is 1. The maximum Gasteiger partial charge on any atom is 0.339 e. The van der Waals surface area contributed by atoms with E-state index in [0.29, 0.717) is 11.3 Å². The van der Waals surface area contributed by atoms with Crippen LogP contribution in [-0.2, 0) is 10.7 Å². The zero-order valence-electron chi connectivity index (χ0n) is 12.2. The van der Waals surface area contributed by atoms with Crippen molar-refractivity contribution in [3.63, 3.8) is 0 Å². The summed E-state index contributed by atoms with van der Waals surface area (Å²) in [5, 5.41) is 0. The summed E-state index contributed by atoms with van der Waals surface area (Å²) >= 11 is 0. The molecule has 0 bridgehead atoms. The van der Waals surface area contributed by atoms with Crippen LogP contribution in [0.1, 0.15) is 29.8 Å². The van der Waals surface area contributed by atoms with E-state index in [1.165, 1.54) is 42.6 Å². The number of alkyl halides is 2. The average molecular weight is 307 g/mol. The summed E-state index contributed by atoms with van der Waals surface area (Å²) in [7, 11) is 0. The number of hydrogen-bond acceptors (Lipinski definition) is 4. The van der Waals surface area contributed by atoms with Gasteiger partial charge in [0.15, 0.2) is 0 Å². The molecule has 0 atom stereocenters. The molecule has 1 heterocycles. The van der Waals surface area contributed by atoms with E-state index in [1.54, 1.807) is 6.92 Å². The second kappa shape index (κ2) is 6.51. The van der Waals surface area contributed by atoms with Gasteiger partial charge in [0.05, 0.1) is 12.2 Å². The van der Waals surface area contributed by atoms with Gasteiger partial charge in [-0.3, -0.25) is 0 Å². The number of carbonyl (C=O) groups excluding carboxylic acids is 1. The first-order valence-electron chi connectivity index (χ1n) is 6.69. The molecule has 2 rings (SSSR count). The van der Waals surface area contributed by atoms with Crippen molar-refractivity contribution in [1.29, 1.82) is 0 Å². The van der Waals surface area contributed by atoms with Crippen LogP contribution in [0.25, 0.3) is 0 Å². The number of hydrogen-bond donors (Lipinski definition) is 0. The highest BCUT2D eigenvalue weighted by molar-refractivity contribution is 5.89. The predicted octanol–water partition coefficient (Wildman–Crippen LogP) is 4.16. The highest BCUT2D eigenvalue weighted by Crippen LogP contribution is 2.29. The zero-order chi connectivity index (χ0) is 16.2. The van der Waals surface area contributed by atoms with Crippen molar-refractivity contribution in [3.05, 3.63) is 53.7 Å². The monoisotopic (exact) mass is 307 g/mol. The van der Waals surface area contributed by atoms with Crippen LogP contribution in [0.3, 0.4) is 0 Å². The van der Waals surface area contributed by atoms with E-state index >= 15 is 0 Å². The van der Waals surface area contributed by atoms with Crippen molar-refractivity contribution in [3.8, 4) is 11.6 Å². The van der Waals surface area contributed by atoms with Gasteiger partial charge < -0.3 is 9.47 Å². The first-order chi connectivity index (χ1) is 10.4. The van der Waals surface area contributed by atoms with Gasteiger partial charge >= 0.3 is 5.97 Å². The molecule has 1 aromatic carbocycles. The van der Waals surface area contributed by atoms with Crippen LogP contribution < -0.4 is 4.74 Å². The fourth-order valence-corrected chi connectivity index (χ4v) is 1.71. The molecule has 0 fully saturated rings. The Balaban J connectivity index is 2.06. The summed E-state index contributed by atoms with van der Waals surface area (Å²) in [5.41, 5.74) is 0.223. The van der Waals surface area contributed by atoms with Gasteiger partial charge in [0.25, 0.3) is 5.92 Å². The Hall–Kier alpha value is -2.50. The molecular formula is C16H15F2NO3. The molecule has 22 heavy (non-hydrogen) atoms. The number of ether oxygens (including phenoxy) is 2. The van der Waals surface area contributed by atoms with Gasteiger partial charge in [-0.2, -0.15) is 0 Å². The van der Waals surface area contributed by atoms with E-state index in [-0.39, 0.29) is 18.1 Å². The van der Waals surface area contributed by atoms with E-state index in [4.69, 9.17) is 9.47 Å². The molecule has 0 saturated carbocycles. The SMILES string of the molecule is CCOC(=O)c1ccc(Oc2ccc(C(C)(F)F)cc2)nc1. The Kier molecular flexibility index (Phi) is 4.70. The number of esters is 1. The standard InChI is InChI=1S/C16H15F2NO3/c1-3-21-15(20)11-4-9-14(19-10-11)22-13-7-5-12(6-8-13)16(2,17)18/h4-10H,3H2,1-2H3. The summed E-state index contributed by atoms with van der Waals surface area (Å²) in [4.78, 5) is 15.4. The van der Waals surface area contributed by atoms with Crippen molar-refractivity contribution in [2.45, 2.75) is 19.8 Å². The lowest BCUT2D eigenvalue weighted by Crippen LogP contribution is -2.06. The van der Waals surface area contributed by atoms with Crippen molar-refractivity contribution in [2.24, 2.45) is 0 Å². The van der Waals surface area contributed by atoms with E-state index in [1.807, 2.05) is 0 Å². The molecule has 2 aromatic rings. The van der Waals surface area contributed by atoms with Gasteiger partial charge in [0.2, 0.25) is 5.88 Å². The van der Waals surface area contributed by atoms with Crippen LogP contribution in [0.5, 0.6) is 11.6 Å². The molecule has 0 N–H and O–H groups in total. The van der Waals surface area contributed by atoms with Crippen LogP contribution >= 0.6 is 0 Å². The Bertz CT molecular complexity index is 634. The molecule has 0 aliphatic heterocycles. The van der Waals surface area contributed by atoms with E-state index in [0.717, 1.165) is 6.92 Å². The lowest BCUT2D eigenvalue weighted by molar-refractivity contribution is 0.0174. The molecule has 0 aliphatic rings. The number of carbonyl (C=O) groups is 1. The summed E-state index contributed by atoms with van der Waals surface area (Å²) < 4.78 is 36.5. The number of aromatic nitrogens is 1. The Morgan fingerprint density at radius 2 is 1.86 bits per heavy atom. The summed E-state index contributed by atoms with van der Waals surface area (Å²) in [6, 6.07) is 8.50. The van der Waals surface area contributed by atoms with E-state index in [2.05, 4.69) is 4.98 Å². The van der Waals surface area contributed by atoms with E-state index in [9.17, 15) is 13.6 Å². The van der Waals surface area contributed by atoms with Crippen LogP contribution in [0.4, 0.5) is 8.78 Å². The van der Waals surface area contributed by atoms with Gasteiger partial charge in [-0.15, -0.1) is 0 Å². The predicted molar refractivity (Wildman–Crippen MR) is 76.3 cm³/mol. The molecule has 0 spiro atoms. The highest BCUT2D eigenvalue weighted by atomic mass is 19.3. The molecule has 0 saturated heterocycles. The van der Waals surface area contributed by atoms with Crippen molar-refractivity contribution >= 4 is 5.97 Å². The van der Waals surface area contributed by atoms with Gasteiger partial charge in [-0.1, -0.05) is 0 Å². The lowest BCUT2D eigenvalue weighted by Gasteiger charge is -2.11. The fraction of sp³-hybridized carbons (Fsp3) is 0.250. The first-order valence-corrected chi connectivity index (χ1v) is 6.69. The van der Waals surface area contributed by atoms with E-state index < -0.39 is 11.9 Å². The van der Waals surface area contributed by atoms with Gasteiger partial charge in [-0.05, 0) is 37.3 Å². The molecule has 1 aromatic heterocycles. The third-order valence-corrected chi connectivity index (χ3v) is 2.83. The molecule has 6 heteroatoms. The quantitative estimate of drug-likeness (QED) is 0.778. The molecule has 0 amide bonds. The van der Waals surface area contributed by atoms with Gasteiger partial charge in [0.1, 0.15) is 5.75 Å². The number of pyridine rings is 1. The van der Waals surface area contributed by atoms with Crippen molar-refractivity contribution in [1.82, 2.24) is 4.98 Å². The van der Waals surface area contributed by atoms with Gasteiger partial charge in [0, 0.05) is 24.8 Å². The Morgan fingerprint density at radius 3 is 2.36 bits per heavy atom. The first kappa shape index (κ1) is 15.9. The molecule has 0 unspecified atom stereocenters. The minimum Gasteiger partial charge on any atom is -0.462 e. The lowest BCUT2D eigenvalue weighted by atomic mass is 10.1. The second-order valence-corrected chi connectivity index (χ2v) is 4.62. The minimum atomic E-state index is -2.89. The average Bonchev–Trinajstić information content (AvgIpc) is 2.48. The summed E-state index contributed by atoms with van der Waals surface area (Å²) in [6.07, 6.45) is 1.34. The summed E-state index contributed by atoms with van der Waals surface area (Å²) in [5.74, 6) is -2.72. The Morgan fingerprint density at radius 1 is 1.18 bits per heavy atom. The minimum absolute atomic E-state index is 0.0922. The van der Waals surface area contributed by atoms with Crippen LogP contribution in [-0.4, -0.2) is 17.6 Å². The van der Waals surface area contributed by atoms with Crippen molar-refractivity contribution in [2.75, 3.05) is 6.61 Å². The zero-order valence-corrected chi connectivity index (χ0v) is 12.2. The van der Waals surface area contributed by atoms with Gasteiger partial charge in [-0.25, -0.2) is 18.6 Å². The maximum absolute atomic E-state index is 13.1. The van der Waals surface area contributed by atoms with Crippen LogP contribution in [0, 0.1) is 0 Å². The normalized spacial score (nSPS) is 11.1. The largest absolute Gasteiger partial charge is 0.462 e. The summed E-state index contributed by atoms with van der Waals surface area (Å²) in [6.45, 7) is 2.83. The third-order valence-electron chi connectivity index (χ3n) is 2.83. The number of nitrogens with zero attached hydrogens (tertiary/aromatic N) is 1. The third kappa shape index (κ3) is 4.00. The topological polar surface area (TPSA) is 48.4 Å². The highest BCUT2D eigenvalue weighted by Gasteiger charge is 2.23. The smallest absolute Gasteiger partial charge is 0.339 e. The van der Waals surface area contributed by atoms with Crippen LogP contribution in [0.15, 0.2) is 42.6 Å². The molecule has 4 nitrogen and oxygen atoms in total. The molecular weight excluding hydrogens is 292 g/mol. The van der Waals surface area contributed by atoms with Crippen LogP contribution in [0.2, 0.25) is 0 Å². The number of halogens is 2. The molecule has 0 aliphatic carbocycles.